The van der Waals surface area contributed by atoms with Crippen LogP contribution >= 0.6 is 0 Å². The van der Waals surface area contributed by atoms with Gasteiger partial charge < -0.3 is 10.8 Å². The maximum Gasteiger partial charge on any atom is 1.00 e. The zero-order chi connectivity index (χ0) is 5.54. The standard InChI is InChI=1S/C5H6NO.Li/c1-2-7-5-3-4-6;/h5H,2H2,1H3;/q-1;+1. The molecule has 0 aliphatic heterocycles. The zero-order valence-electron chi connectivity index (χ0n) is 5.14. The van der Waals surface area contributed by atoms with Gasteiger partial charge in [0.1, 0.15) is 0 Å². The number of rotatable bonds is 2. The zero-order valence-corrected chi connectivity index (χ0v) is 5.14. The second-order valence-electron chi connectivity index (χ2n) is 0.829. The summed E-state index contributed by atoms with van der Waals surface area (Å²) in [6.07, 6.45) is 3.46. The van der Waals surface area contributed by atoms with E-state index in [-0.39, 0.29) is 18.9 Å². The predicted octanol–water partition coefficient (Wildman–Crippen LogP) is -2.13. The van der Waals surface area contributed by atoms with Gasteiger partial charge >= 0.3 is 18.9 Å². The Morgan fingerprint density at radius 3 is 2.88 bits per heavy atom. The number of hydrogen-bond acceptors (Lipinski definition) is 2. The molecule has 0 unspecified atom stereocenters. The average Bonchev–Trinajstić information content (AvgIpc) is 1.69. The first-order chi connectivity index (χ1) is 3.41. The van der Waals surface area contributed by atoms with Gasteiger partial charge in [-0.3, -0.25) is 0 Å². The molecule has 0 aromatic heterocycles. The fourth-order valence-corrected chi connectivity index (χ4v) is 0.151. The van der Waals surface area contributed by atoms with E-state index >= 15 is 0 Å². The minimum Gasteiger partial charge on any atom is -0.537 e. The fraction of sp³-hybridized carbons (Fsp3) is 0.400. The summed E-state index contributed by atoms with van der Waals surface area (Å²) in [5, 5.41) is 7.82. The van der Waals surface area contributed by atoms with E-state index in [1.165, 1.54) is 6.26 Å². The van der Waals surface area contributed by atoms with Gasteiger partial charge in [-0.15, -0.1) is 6.07 Å². The van der Waals surface area contributed by atoms with E-state index in [0.29, 0.717) is 6.61 Å². The van der Waals surface area contributed by atoms with Crippen LogP contribution in [-0.2, 0) is 4.74 Å². The minimum absolute atomic E-state index is 0. The molecule has 0 N–H and O–H groups in total. The smallest absolute Gasteiger partial charge is 0.537 e. The van der Waals surface area contributed by atoms with Crippen molar-refractivity contribution < 1.29 is 23.6 Å². The van der Waals surface area contributed by atoms with Gasteiger partial charge in [-0.1, -0.05) is 6.26 Å². The maximum atomic E-state index is 7.82. The quantitative estimate of drug-likeness (QED) is 0.173. The van der Waals surface area contributed by atoms with Crippen molar-refractivity contribution >= 4 is 0 Å². The number of hydrogen-bond donors (Lipinski definition) is 0. The van der Waals surface area contributed by atoms with Gasteiger partial charge in [0.25, 0.3) is 0 Å². The summed E-state index contributed by atoms with van der Waals surface area (Å²) in [6.45, 7) is 2.43. The molecular weight excluding hydrogens is 97.0 g/mol. The molecule has 3 heteroatoms. The van der Waals surface area contributed by atoms with Crippen molar-refractivity contribution in [1.82, 2.24) is 0 Å². The van der Waals surface area contributed by atoms with Crippen molar-refractivity contribution in [3.8, 4) is 6.07 Å². The Kier molecular flexibility index (Phi) is 13.0. The van der Waals surface area contributed by atoms with Crippen LogP contribution < -0.4 is 18.9 Å². The van der Waals surface area contributed by atoms with Gasteiger partial charge in [0.2, 0.25) is 0 Å². The number of ether oxygens (including phenoxy) is 1. The second kappa shape index (κ2) is 9.80. The topological polar surface area (TPSA) is 33.0 Å². The molecule has 8 heavy (non-hydrogen) atoms. The normalized spacial score (nSPS) is 7.50. The molecule has 0 bridgehead atoms. The number of allylic oxidation sites excluding steroid dienone is 1. The Morgan fingerprint density at radius 1 is 1.88 bits per heavy atom. The minimum atomic E-state index is 0. The average molecular weight is 103 g/mol. The van der Waals surface area contributed by atoms with E-state index in [1.54, 1.807) is 6.07 Å². The summed E-state index contributed by atoms with van der Waals surface area (Å²) in [5.74, 6) is 0. The van der Waals surface area contributed by atoms with Gasteiger partial charge in [-0.25, -0.2) is 5.26 Å². The molecule has 0 amide bonds. The van der Waals surface area contributed by atoms with Crippen LogP contribution in [0.4, 0.5) is 0 Å². The molecule has 0 fully saturated rings. The van der Waals surface area contributed by atoms with E-state index in [1.807, 2.05) is 6.92 Å². The SMILES string of the molecule is CCOC=[C-]C#N.[Li+]. The molecular formula is C5H6LiNO. The van der Waals surface area contributed by atoms with Crippen LogP contribution in [0.2, 0.25) is 0 Å². The van der Waals surface area contributed by atoms with Crippen molar-refractivity contribution in [1.29, 1.82) is 5.26 Å². The summed E-state index contributed by atoms with van der Waals surface area (Å²) in [7, 11) is 0. The van der Waals surface area contributed by atoms with Gasteiger partial charge in [-0.05, 0) is 6.92 Å². The van der Waals surface area contributed by atoms with Crippen LogP contribution in [-0.4, -0.2) is 6.61 Å². The number of nitrogens with zero attached hydrogens (tertiary/aromatic N) is 1. The molecule has 0 rings (SSSR count). The Hall–Kier alpha value is -0.373. The molecule has 0 radical (unpaired) electrons. The van der Waals surface area contributed by atoms with Crippen molar-refractivity contribution in [3.05, 3.63) is 12.3 Å². The Balaban J connectivity index is 0. The van der Waals surface area contributed by atoms with E-state index in [9.17, 15) is 0 Å². The van der Waals surface area contributed by atoms with Crippen molar-refractivity contribution in [2.75, 3.05) is 6.61 Å². The first kappa shape index (κ1) is 10.6. The molecule has 0 aromatic rings. The third kappa shape index (κ3) is 9.16. The van der Waals surface area contributed by atoms with Crippen LogP contribution in [0, 0.1) is 17.4 Å². The first-order valence-corrected chi connectivity index (χ1v) is 1.99. The molecule has 0 saturated heterocycles. The van der Waals surface area contributed by atoms with Gasteiger partial charge in [-0.2, -0.15) is 0 Å². The largest absolute Gasteiger partial charge is 1.00 e. The Labute approximate surface area is 61.3 Å². The van der Waals surface area contributed by atoms with E-state index in [0.717, 1.165) is 0 Å². The predicted molar refractivity (Wildman–Crippen MR) is 25.1 cm³/mol. The van der Waals surface area contributed by atoms with E-state index in [4.69, 9.17) is 5.26 Å². The van der Waals surface area contributed by atoms with Gasteiger partial charge in [0.15, 0.2) is 0 Å². The number of nitriles is 1. The summed E-state index contributed by atoms with van der Waals surface area (Å²) in [5.41, 5.74) is 0. The van der Waals surface area contributed by atoms with Crippen LogP contribution in [0.25, 0.3) is 0 Å². The van der Waals surface area contributed by atoms with E-state index in [2.05, 4.69) is 10.8 Å². The van der Waals surface area contributed by atoms with E-state index < -0.39 is 0 Å². The van der Waals surface area contributed by atoms with Crippen LogP contribution in [0.15, 0.2) is 6.26 Å². The van der Waals surface area contributed by atoms with Crippen LogP contribution in [0.3, 0.4) is 0 Å². The summed E-state index contributed by atoms with van der Waals surface area (Å²) < 4.78 is 4.62. The summed E-state index contributed by atoms with van der Waals surface area (Å²) in [6, 6.07) is 1.67. The molecule has 0 heterocycles. The second-order valence-corrected chi connectivity index (χ2v) is 0.829. The van der Waals surface area contributed by atoms with Crippen LogP contribution in [0.5, 0.6) is 0 Å². The molecule has 0 aliphatic carbocycles. The Bertz CT molecular complexity index is 95.1. The molecule has 0 aromatic carbocycles. The fourth-order valence-electron chi connectivity index (χ4n) is 0.151. The molecule has 2 nitrogen and oxygen atoms in total. The third-order valence-electron chi connectivity index (χ3n) is 0.373. The monoisotopic (exact) mass is 103 g/mol. The first-order valence-electron chi connectivity index (χ1n) is 1.99. The van der Waals surface area contributed by atoms with Gasteiger partial charge in [0.05, 0.1) is 6.61 Å². The third-order valence-corrected chi connectivity index (χ3v) is 0.373. The molecule has 38 valence electrons. The van der Waals surface area contributed by atoms with Crippen molar-refractivity contribution in [2.45, 2.75) is 6.92 Å². The van der Waals surface area contributed by atoms with Gasteiger partial charge in [0, 0.05) is 0 Å². The molecule has 0 atom stereocenters. The molecule has 0 aliphatic rings. The Morgan fingerprint density at radius 2 is 2.50 bits per heavy atom. The van der Waals surface area contributed by atoms with Crippen molar-refractivity contribution in [3.63, 3.8) is 0 Å². The summed E-state index contributed by atoms with van der Waals surface area (Å²) >= 11 is 0. The van der Waals surface area contributed by atoms with Crippen molar-refractivity contribution in [2.24, 2.45) is 0 Å². The van der Waals surface area contributed by atoms with Crippen LogP contribution in [0.1, 0.15) is 6.92 Å². The summed E-state index contributed by atoms with van der Waals surface area (Å²) in [4.78, 5) is 0. The molecule has 0 saturated carbocycles. The maximum absolute atomic E-state index is 7.82. The molecule has 0 spiro atoms.